The molecular formula is C25H37FN2O2. The monoisotopic (exact) mass is 416 g/mol. The molecule has 2 aromatic rings. The van der Waals surface area contributed by atoms with Gasteiger partial charge in [-0.15, -0.1) is 10.2 Å². The van der Waals surface area contributed by atoms with E-state index in [0.717, 1.165) is 55.7 Å². The van der Waals surface area contributed by atoms with Crippen molar-refractivity contribution < 1.29 is 13.9 Å². The minimum absolute atomic E-state index is 0.0324. The third-order valence-corrected chi connectivity index (χ3v) is 5.09. The molecule has 0 saturated carbocycles. The van der Waals surface area contributed by atoms with E-state index in [0.29, 0.717) is 12.3 Å². The second-order valence-corrected chi connectivity index (χ2v) is 7.80. The van der Waals surface area contributed by atoms with Crippen LogP contribution in [0, 0.1) is 0 Å². The van der Waals surface area contributed by atoms with Crippen molar-refractivity contribution in [3.63, 3.8) is 0 Å². The predicted molar refractivity (Wildman–Crippen MR) is 121 cm³/mol. The Morgan fingerprint density at radius 3 is 2.13 bits per heavy atom. The molecule has 1 aromatic heterocycles. The van der Waals surface area contributed by atoms with Crippen LogP contribution in [0.4, 0.5) is 4.39 Å². The van der Waals surface area contributed by atoms with Gasteiger partial charge in [-0.1, -0.05) is 65.2 Å². The van der Waals surface area contributed by atoms with Gasteiger partial charge in [-0.3, -0.25) is 0 Å². The number of rotatable bonds is 16. The normalized spacial score (nSPS) is 12.0. The van der Waals surface area contributed by atoms with E-state index in [1.807, 2.05) is 30.3 Å². The first-order chi connectivity index (χ1) is 14.7. The van der Waals surface area contributed by atoms with Crippen molar-refractivity contribution in [3.8, 4) is 22.9 Å². The van der Waals surface area contributed by atoms with Gasteiger partial charge in [-0.2, -0.15) is 0 Å². The summed E-state index contributed by atoms with van der Waals surface area (Å²) in [5.74, 6) is 1.23. The minimum atomic E-state index is -0.956. The molecule has 5 heteroatoms. The molecular weight excluding hydrogens is 379 g/mol. The molecule has 4 nitrogen and oxygen atoms in total. The fourth-order valence-corrected chi connectivity index (χ4v) is 3.22. The van der Waals surface area contributed by atoms with E-state index in [-0.39, 0.29) is 6.61 Å². The Labute approximate surface area is 181 Å². The summed E-state index contributed by atoms with van der Waals surface area (Å²) in [6.45, 7) is 5.16. The lowest BCUT2D eigenvalue weighted by Gasteiger charge is -2.10. The van der Waals surface area contributed by atoms with Crippen molar-refractivity contribution >= 4 is 0 Å². The molecule has 2 rings (SSSR count). The fourth-order valence-electron chi connectivity index (χ4n) is 3.22. The number of alkyl halides is 1. The maximum Gasteiger partial charge on any atom is 0.233 e. The van der Waals surface area contributed by atoms with Gasteiger partial charge in [0.2, 0.25) is 5.88 Å². The summed E-state index contributed by atoms with van der Waals surface area (Å²) in [6, 6.07) is 11.5. The van der Waals surface area contributed by atoms with Gasteiger partial charge in [0.05, 0.1) is 12.3 Å². The molecule has 0 spiro atoms. The van der Waals surface area contributed by atoms with Crippen LogP contribution in [0.25, 0.3) is 11.3 Å². The van der Waals surface area contributed by atoms with Crippen molar-refractivity contribution in [2.24, 2.45) is 0 Å². The molecule has 1 heterocycles. The Morgan fingerprint density at radius 1 is 0.767 bits per heavy atom. The van der Waals surface area contributed by atoms with E-state index in [4.69, 9.17) is 9.47 Å². The maximum atomic E-state index is 13.9. The van der Waals surface area contributed by atoms with Crippen molar-refractivity contribution in [3.05, 3.63) is 36.4 Å². The smallest absolute Gasteiger partial charge is 0.233 e. The van der Waals surface area contributed by atoms with Crippen LogP contribution >= 0.6 is 0 Å². The van der Waals surface area contributed by atoms with Crippen molar-refractivity contribution in [1.29, 1.82) is 0 Å². The molecule has 0 aliphatic rings. The second-order valence-electron chi connectivity index (χ2n) is 7.80. The zero-order valence-electron chi connectivity index (χ0n) is 18.6. The average Bonchev–Trinajstić information content (AvgIpc) is 2.78. The fraction of sp³-hybridized carbons (Fsp3) is 0.600. The lowest BCUT2D eigenvalue weighted by atomic mass is 10.1. The van der Waals surface area contributed by atoms with E-state index in [1.165, 1.54) is 25.7 Å². The summed E-state index contributed by atoms with van der Waals surface area (Å²) in [5.41, 5.74) is 1.72. The first-order valence-corrected chi connectivity index (χ1v) is 11.6. The third kappa shape index (κ3) is 9.55. The van der Waals surface area contributed by atoms with E-state index >= 15 is 0 Å². The molecule has 0 bridgehead atoms. The molecule has 0 N–H and O–H groups in total. The van der Waals surface area contributed by atoms with Gasteiger partial charge in [0.1, 0.15) is 18.5 Å². The molecule has 1 unspecified atom stereocenters. The number of ether oxygens (including phenoxy) is 2. The van der Waals surface area contributed by atoms with Crippen molar-refractivity contribution in [1.82, 2.24) is 10.2 Å². The zero-order valence-corrected chi connectivity index (χ0v) is 18.6. The number of nitrogens with zero attached hydrogens (tertiary/aromatic N) is 2. The molecule has 0 aliphatic carbocycles. The quantitative estimate of drug-likeness (QED) is 0.272. The highest BCUT2D eigenvalue weighted by molar-refractivity contribution is 5.59. The molecule has 1 aromatic carbocycles. The summed E-state index contributed by atoms with van der Waals surface area (Å²) in [7, 11) is 0. The number of unbranched alkanes of at least 4 members (excludes halogenated alkanes) is 7. The van der Waals surface area contributed by atoms with Crippen LogP contribution in [0.1, 0.15) is 78.1 Å². The summed E-state index contributed by atoms with van der Waals surface area (Å²) >= 11 is 0. The SMILES string of the molecule is CCCCCCCOc1ccc(-c2ccc(OCC(F)CCCCCC)nn2)cc1. The highest BCUT2D eigenvalue weighted by atomic mass is 19.1. The number of benzene rings is 1. The Bertz CT molecular complexity index is 677. The first kappa shape index (κ1) is 24.1. The summed E-state index contributed by atoms with van der Waals surface area (Å²) < 4.78 is 25.1. The van der Waals surface area contributed by atoms with Gasteiger partial charge in [-0.05, 0) is 43.2 Å². The van der Waals surface area contributed by atoms with Crippen LogP contribution < -0.4 is 9.47 Å². The van der Waals surface area contributed by atoms with Crippen LogP contribution in [0.15, 0.2) is 36.4 Å². The largest absolute Gasteiger partial charge is 0.494 e. The Morgan fingerprint density at radius 2 is 1.47 bits per heavy atom. The highest BCUT2D eigenvalue weighted by Gasteiger charge is 2.09. The number of aromatic nitrogens is 2. The second kappa shape index (κ2) is 14.8. The molecule has 1 atom stereocenters. The van der Waals surface area contributed by atoms with Gasteiger partial charge >= 0.3 is 0 Å². The lowest BCUT2D eigenvalue weighted by molar-refractivity contribution is 0.178. The van der Waals surface area contributed by atoms with Gasteiger partial charge in [0.25, 0.3) is 0 Å². The minimum Gasteiger partial charge on any atom is -0.494 e. The van der Waals surface area contributed by atoms with E-state index in [2.05, 4.69) is 24.0 Å². The zero-order chi connectivity index (χ0) is 21.4. The predicted octanol–water partition coefficient (Wildman–Crippen LogP) is 7.18. The van der Waals surface area contributed by atoms with Crippen LogP contribution in [0.3, 0.4) is 0 Å². The molecule has 0 amide bonds. The van der Waals surface area contributed by atoms with Crippen LogP contribution in [0.5, 0.6) is 11.6 Å². The highest BCUT2D eigenvalue weighted by Crippen LogP contribution is 2.22. The Kier molecular flexibility index (Phi) is 11.9. The summed E-state index contributed by atoms with van der Waals surface area (Å²) in [4.78, 5) is 0. The van der Waals surface area contributed by atoms with Crippen LogP contribution in [0.2, 0.25) is 0 Å². The van der Waals surface area contributed by atoms with Crippen molar-refractivity contribution in [2.45, 2.75) is 84.2 Å². The summed E-state index contributed by atoms with van der Waals surface area (Å²) in [6.07, 6.45) is 10.0. The Hall–Kier alpha value is -2.17. The number of hydrogen-bond acceptors (Lipinski definition) is 4. The Balaban J connectivity index is 1.72. The molecule has 0 saturated heterocycles. The third-order valence-electron chi connectivity index (χ3n) is 5.09. The number of halogens is 1. The van der Waals surface area contributed by atoms with Gasteiger partial charge < -0.3 is 9.47 Å². The van der Waals surface area contributed by atoms with E-state index in [9.17, 15) is 4.39 Å². The standard InChI is InChI=1S/C25H37FN2O2/c1-3-5-7-9-11-19-29-23-15-13-21(14-16-23)24-17-18-25(28-27-24)30-20-22(26)12-10-8-6-4-2/h13-18,22H,3-12,19-20H2,1-2H3. The molecule has 30 heavy (non-hydrogen) atoms. The first-order valence-electron chi connectivity index (χ1n) is 11.6. The molecule has 0 fully saturated rings. The van der Waals surface area contributed by atoms with E-state index in [1.54, 1.807) is 6.07 Å². The van der Waals surface area contributed by atoms with Crippen LogP contribution in [-0.2, 0) is 0 Å². The average molecular weight is 417 g/mol. The van der Waals surface area contributed by atoms with E-state index < -0.39 is 6.17 Å². The molecule has 0 aliphatic heterocycles. The molecule has 166 valence electrons. The van der Waals surface area contributed by atoms with Crippen LogP contribution in [-0.4, -0.2) is 29.6 Å². The summed E-state index contributed by atoms with van der Waals surface area (Å²) in [5, 5.41) is 8.28. The maximum absolute atomic E-state index is 13.9. The van der Waals surface area contributed by atoms with Gasteiger partial charge in [0, 0.05) is 11.6 Å². The van der Waals surface area contributed by atoms with Gasteiger partial charge in [-0.25, -0.2) is 4.39 Å². The topological polar surface area (TPSA) is 44.2 Å². The van der Waals surface area contributed by atoms with Gasteiger partial charge in [0.15, 0.2) is 0 Å². The lowest BCUT2D eigenvalue weighted by Crippen LogP contribution is -2.13. The van der Waals surface area contributed by atoms with Crippen molar-refractivity contribution in [2.75, 3.05) is 13.2 Å². The number of hydrogen-bond donors (Lipinski definition) is 0. The molecule has 0 radical (unpaired) electrons.